The van der Waals surface area contributed by atoms with E-state index in [0.717, 1.165) is 16.9 Å². The van der Waals surface area contributed by atoms with Crippen LogP contribution >= 0.6 is 0 Å². The molecule has 1 N–H and O–H groups in total. The molecule has 112 valence electrons. The lowest BCUT2D eigenvalue weighted by Gasteiger charge is -2.25. The molecule has 0 saturated carbocycles. The van der Waals surface area contributed by atoms with Crippen molar-refractivity contribution in [2.45, 2.75) is 32.3 Å². The highest BCUT2D eigenvalue weighted by atomic mass is 19.1. The molecule has 0 amide bonds. The van der Waals surface area contributed by atoms with Gasteiger partial charge in [-0.15, -0.1) is 0 Å². The van der Waals surface area contributed by atoms with E-state index in [-0.39, 0.29) is 12.2 Å². The van der Waals surface area contributed by atoms with Crippen molar-refractivity contribution in [1.29, 1.82) is 0 Å². The maximum absolute atomic E-state index is 13.7. The molecule has 1 atom stereocenters. The van der Waals surface area contributed by atoms with Gasteiger partial charge < -0.3 is 9.84 Å². The normalized spacial score (nSPS) is 13.8. The number of hydrogen-bond acceptors (Lipinski definition) is 2. The zero-order chi connectivity index (χ0) is 15.5. The minimum Gasteiger partial charge on any atom is -0.496 e. The topological polar surface area (TPSA) is 29.5 Å². The van der Waals surface area contributed by atoms with Crippen LogP contribution in [0, 0.1) is 12.7 Å². The molecule has 0 aliphatic carbocycles. The molecule has 21 heavy (non-hydrogen) atoms. The van der Waals surface area contributed by atoms with E-state index in [1.54, 1.807) is 32.2 Å². The maximum atomic E-state index is 13.7. The highest BCUT2D eigenvalue weighted by molar-refractivity contribution is 5.38. The summed E-state index contributed by atoms with van der Waals surface area (Å²) in [5.74, 6) is 0.461. The second kappa shape index (κ2) is 6.27. The van der Waals surface area contributed by atoms with Crippen molar-refractivity contribution in [2.24, 2.45) is 0 Å². The number of ether oxygens (including phenoxy) is 1. The van der Waals surface area contributed by atoms with E-state index in [2.05, 4.69) is 0 Å². The second-order valence-electron chi connectivity index (χ2n) is 5.76. The van der Waals surface area contributed by atoms with E-state index < -0.39 is 5.60 Å². The molecule has 2 aromatic rings. The number of aryl methyl sites for hydroxylation is 1. The predicted molar refractivity (Wildman–Crippen MR) is 82.2 cm³/mol. The summed E-state index contributed by atoms with van der Waals surface area (Å²) in [6.45, 7) is 3.72. The summed E-state index contributed by atoms with van der Waals surface area (Å²) in [5, 5.41) is 10.6. The fourth-order valence-corrected chi connectivity index (χ4v) is 2.57. The number of benzene rings is 2. The van der Waals surface area contributed by atoms with Crippen LogP contribution in [0.3, 0.4) is 0 Å². The standard InChI is InChI=1S/C18H21FO2/c1-13-8-9-17(21-3)15(10-13)12-18(2,20)11-14-6-4-5-7-16(14)19/h4-10,20H,11-12H2,1-3H3. The van der Waals surface area contributed by atoms with Crippen molar-refractivity contribution in [2.75, 3.05) is 7.11 Å². The van der Waals surface area contributed by atoms with Crippen molar-refractivity contribution < 1.29 is 14.2 Å². The molecule has 0 saturated heterocycles. The molecule has 0 bridgehead atoms. The van der Waals surface area contributed by atoms with Crippen molar-refractivity contribution >= 4 is 0 Å². The Bertz CT molecular complexity index is 620. The Hall–Kier alpha value is -1.87. The minimum atomic E-state index is -1.04. The van der Waals surface area contributed by atoms with Gasteiger partial charge in [-0.1, -0.05) is 35.9 Å². The Labute approximate surface area is 125 Å². The van der Waals surface area contributed by atoms with Gasteiger partial charge in [0, 0.05) is 12.8 Å². The molecule has 0 aliphatic rings. The largest absolute Gasteiger partial charge is 0.496 e. The second-order valence-corrected chi connectivity index (χ2v) is 5.76. The lowest BCUT2D eigenvalue weighted by molar-refractivity contribution is 0.0593. The fourth-order valence-electron chi connectivity index (χ4n) is 2.57. The smallest absolute Gasteiger partial charge is 0.126 e. The van der Waals surface area contributed by atoms with E-state index in [4.69, 9.17) is 4.74 Å². The van der Waals surface area contributed by atoms with Crippen LogP contribution < -0.4 is 4.74 Å². The van der Waals surface area contributed by atoms with Crippen molar-refractivity contribution in [1.82, 2.24) is 0 Å². The molecular formula is C18H21FO2. The van der Waals surface area contributed by atoms with Gasteiger partial charge in [-0.05, 0) is 37.1 Å². The van der Waals surface area contributed by atoms with Gasteiger partial charge in [0.1, 0.15) is 11.6 Å². The van der Waals surface area contributed by atoms with Crippen molar-refractivity contribution in [3.8, 4) is 5.75 Å². The van der Waals surface area contributed by atoms with Crippen LogP contribution in [-0.4, -0.2) is 17.8 Å². The Morgan fingerprint density at radius 1 is 1.10 bits per heavy atom. The molecule has 2 nitrogen and oxygen atoms in total. The van der Waals surface area contributed by atoms with Crippen LogP contribution in [-0.2, 0) is 12.8 Å². The summed E-state index contributed by atoms with van der Waals surface area (Å²) < 4.78 is 19.1. The monoisotopic (exact) mass is 288 g/mol. The van der Waals surface area contributed by atoms with Crippen LogP contribution in [0.25, 0.3) is 0 Å². The molecule has 0 aromatic heterocycles. The van der Waals surface area contributed by atoms with E-state index in [0.29, 0.717) is 12.0 Å². The number of hydrogen-bond donors (Lipinski definition) is 1. The first kappa shape index (κ1) is 15.5. The lowest BCUT2D eigenvalue weighted by atomic mass is 9.89. The summed E-state index contributed by atoms with van der Waals surface area (Å²) in [6, 6.07) is 12.4. The average Bonchev–Trinajstić information content (AvgIpc) is 2.41. The van der Waals surface area contributed by atoms with Gasteiger partial charge in [0.05, 0.1) is 12.7 Å². The minimum absolute atomic E-state index is 0.261. The van der Waals surface area contributed by atoms with E-state index in [1.807, 2.05) is 25.1 Å². The molecular weight excluding hydrogens is 267 g/mol. The summed E-state index contributed by atoms with van der Waals surface area (Å²) in [7, 11) is 1.61. The zero-order valence-electron chi connectivity index (χ0n) is 12.7. The van der Waals surface area contributed by atoms with Gasteiger partial charge in [0.2, 0.25) is 0 Å². The van der Waals surface area contributed by atoms with Gasteiger partial charge in [0.15, 0.2) is 0 Å². The first-order valence-electron chi connectivity index (χ1n) is 7.00. The van der Waals surface area contributed by atoms with Gasteiger partial charge in [-0.2, -0.15) is 0 Å². The highest BCUT2D eigenvalue weighted by Gasteiger charge is 2.24. The molecule has 2 aromatic carbocycles. The lowest BCUT2D eigenvalue weighted by Crippen LogP contribution is -2.30. The molecule has 3 heteroatoms. The molecule has 0 spiro atoms. The fraction of sp³-hybridized carbons (Fsp3) is 0.333. The summed E-state index contributed by atoms with van der Waals surface area (Å²) in [6.07, 6.45) is 0.670. The van der Waals surface area contributed by atoms with Gasteiger partial charge >= 0.3 is 0 Å². The average molecular weight is 288 g/mol. The molecule has 0 fully saturated rings. The van der Waals surface area contributed by atoms with E-state index in [1.165, 1.54) is 6.07 Å². The number of aliphatic hydroxyl groups is 1. The Balaban J connectivity index is 2.21. The number of methoxy groups -OCH3 is 1. The Kier molecular flexibility index (Phi) is 4.63. The van der Waals surface area contributed by atoms with Crippen molar-refractivity contribution in [3.63, 3.8) is 0 Å². The molecule has 0 aliphatic heterocycles. The Morgan fingerprint density at radius 2 is 1.76 bits per heavy atom. The maximum Gasteiger partial charge on any atom is 0.126 e. The molecule has 2 rings (SSSR count). The summed E-state index contributed by atoms with van der Waals surface area (Å²) >= 11 is 0. The number of halogens is 1. The SMILES string of the molecule is COc1ccc(C)cc1CC(C)(O)Cc1ccccc1F. The van der Waals surface area contributed by atoms with Crippen LogP contribution in [0.5, 0.6) is 5.75 Å². The predicted octanol–water partition coefficient (Wildman–Crippen LogP) is 3.68. The highest BCUT2D eigenvalue weighted by Crippen LogP contribution is 2.27. The quantitative estimate of drug-likeness (QED) is 0.909. The third-order valence-corrected chi connectivity index (χ3v) is 3.54. The molecule has 1 unspecified atom stereocenters. The summed E-state index contributed by atoms with van der Waals surface area (Å²) in [4.78, 5) is 0. The molecule has 0 radical (unpaired) electrons. The van der Waals surface area contributed by atoms with Crippen LogP contribution in [0.15, 0.2) is 42.5 Å². The Morgan fingerprint density at radius 3 is 2.43 bits per heavy atom. The first-order chi connectivity index (χ1) is 9.91. The first-order valence-corrected chi connectivity index (χ1v) is 7.00. The zero-order valence-corrected chi connectivity index (χ0v) is 12.7. The summed E-state index contributed by atoms with van der Waals surface area (Å²) in [5.41, 5.74) is 1.52. The van der Waals surface area contributed by atoms with Crippen LogP contribution in [0.2, 0.25) is 0 Å². The molecule has 0 heterocycles. The third kappa shape index (κ3) is 4.05. The van der Waals surface area contributed by atoms with Crippen molar-refractivity contribution in [3.05, 3.63) is 65.0 Å². The van der Waals surface area contributed by atoms with Gasteiger partial charge in [-0.3, -0.25) is 0 Å². The van der Waals surface area contributed by atoms with Crippen LogP contribution in [0.1, 0.15) is 23.6 Å². The van der Waals surface area contributed by atoms with Gasteiger partial charge in [-0.25, -0.2) is 4.39 Å². The van der Waals surface area contributed by atoms with E-state index in [9.17, 15) is 9.50 Å². The van der Waals surface area contributed by atoms with E-state index >= 15 is 0 Å². The third-order valence-electron chi connectivity index (χ3n) is 3.54. The van der Waals surface area contributed by atoms with Crippen LogP contribution in [0.4, 0.5) is 4.39 Å². The number of rotatable bonds is 5. The van der Waals surface area contributed by atoms with Gasteiger partial charge in [0.25, 0.3) is 0 Å².